The Hall–Kier alpha value is -1.00. The van der Waals surface area contributed by atoms with Crippen molar-refractivity contribution in [1.29, 1.82) is 0 Å². The maximum atomic E-state index is 12.0. The molecule has 0 aliphatic rings. The quantitative estimate of drug-likeness (QED) is 0.767. The van der Waals surface area contributed by atoms with Gasteiger partial charge in [-0.05, 0) is 30.0 Å². The molecule has 1 atom stereocenters. The van der Waals surface area contributed by atoms with Crippen molar-refractivity contribution in [2.24, 2.45) is 0 Å². The van der Waals surface area contributed by atoms with Gasteiger partial charge in [0, 0.05) is 12.6 Å². The minimum absolute atomic E-state index is 0.127. The van der Waals surface area contributed by atoms with E-state index in [0.717, 1.165) is 5.56 Å². The lowest BCUT2D eigenvalue weighted by Crippen LogP contribution is -2.19. The van der Waals surface area contributed by atoms with Gasteiger partial charge in [0.15, 0.2) is 0 Å². The Morgan fingerprint density at radius 2 is 1.75 bits per heavy atom. The zero-order valence-corrected chi connectivity index (χ0v) is 12.7. The molecule has 0 saturated carbocycles. The van der Waals surface area contributed by atoms with Crippen molar-refractivity contribution < 1.29 is 13.5 Å². The van der Waals surface area contributed by atoms with Crippen LogP contribution < -0.4 is 5.32 Å². The third kappa shape index (κ3) is 5.55. The van der Waals surface area contributed by atoms with E-state index in [4.69, 9.17) is 4.74 Å². The van der Waals surface area contributed by atoms with Crippen LogP contribution in [0.3, 0.4) is 0 Å². The predicted octanol–water partition coefficient (Wildman–Crippen LogP) is 3.92. The standard InChI is InChI=1S/C16H25F2NO/c1-16(2,3)13-7-5-12(6-8-13)14(19-4)9-10-20-11-15(17)18/h5-8,14-15,19H,9-11H2,1-4H3. The first-order valence-electron chi connectivity index (χ1n) is 6.98. The third-order valence-corrected chi connectivity index (χ3v) is 3.32. The maximum Gasteiger partial charge on any atom is 0.261 e. The van der Waals surface area contributed by atoms with Crippen LogP contribution >= 0.6 is 0 Å². The van der Waals surface area contributed by atoms with Crippen LogP contribution in [0.25, 0.3) is 0 Å². The van der Waals surface area contributed by atoms with Crippen LogP contribution in [0.15, 0.2) is 24.3 Å². The smallest absolute Gasteiger partial charge is 0.261 e. The van der Waals surface area contributed by atoms with Gasteiger partial charge < -0.3 is 10.1 Å². The molecule has 1 rings (SSSR count). The lowest BCUT2D eigenvalue weighted by molar-refractivity contribution is 0.0145. The number of alkyl halides is 2. The second kappa shape index (κ2) is 7.70. The van der Waals surface area contributed by atoms with Gasteiger partial charge in [0.1, 0.15) is 6.61 Å². The van der Waals surface area contributed by atoms with E-state index in [0.29, 0.717) is 13.0 Å². The van der Waals surface area contributed by atoms with Crippen LogP contribution in [0.1, 0.15) is 44.4 Å². The number of hydrogen-bond donors (Lipinski definition) is 1. The van der Waals surface area contributed by atoms with Crippen LogP contribution in [0.2, 0.25) is 0 Å². The second-order valence-electron chi connectivity index (χ2n) is 5.97. The summed E-state index contributed by atoms with van der Waals surface area (Å²) in [6, 6.07) is 8.56. The SMILES string of the molecule is CNC(CCOCC(F)F)c1ccc(C(C)(C)C)cc1. The van der Waals surface area contributed by atoms with Crippen LogP contribution in [0.5, 0.6) is 0 Å². The van der Waals surface area contributed by atoms with Gasteiger partial charge in [-0.3, -0.25) is 0 Å². The average Bonchev–Trinajstić information content (AvgIpc) is 2.38. The van der Waals surface area contributed by atoms with Crippen molar-refractivity contribution in [1.82, 2.24) is 5.32 Å². The molecular formula is C16H25F2NO. The summed E-state index contributed by atoms with van der Waals surface area (Å²) in [5.74, 6) is 0. The highest BCUT2D eigenvalue weighted by Crippen LogP contribution is 2.24. The second-order valence-corrected chi connectivity index (χ2v) is 5.97. The van der Waals surface area contributed by atoms with E-state index in [2.05, 4.69) is 50.4 Å². The molecule has 2 nitrogen and oxygen atoms in total. The molecule has 4 heteroatoms. The normalized spacial score (nSPS) is 13.8. The summed E-state index contributed by atoms with van der Waals surface area (Å²) in [7, 11) is 1.87. The van der Waals surface area contributed by atoms with Crippen molar-refractivity contribution >= 4 is 0 Å². The summed E-state index contributed by atoms with van der Waals surface area (Å²) in [5, 5.41) is 3.20. The Bertz CT molecular complexity index is 384. The number of nitrogens with one attached hydrogen (secondary N) is 1. The number of benzene rings is 1. The van der Waals surface area contributed by atoms with Crippen LogP contribution in [0, 0.1) is 0 Å². The molecule has 1 aromatic carbocycles. The molecule has 1 N–H and O–H groups in total. The summed E-state index contributed by atoms with van der Waals surface area (Å²) in [6.45, 7) is 6.37. The molecular weight excluding hydrogens is 260 g/mol. The maximum absolute atomic E-state index is 12.0. The first-order valence-corrected chi connectivity index (χ1v) is 6.98. The lowest BCUT2D eigenvalue weighted by Gasteiger charge is -2.21. The van der Waals surface area contributed by atoms with Crippen LogP contribution in [0.4, 0.5) is 8.78 Å². The highest BCUT2D eigenvalue weighted by molar-refractivity contribution is 5.29. The summed E-state index contributed by atoms with van der Waals surface area (Å²) in [5.41, 5.74) is 2.57. The molecule has 0 aliphatic heterocycles. The topological polar surface area (TPSA) is 21.3 Å². The molecule has 0 fully saturated rings. The van der Waals surface area contributed by atoms with Gasteiger partial charge >= 0.3 is 0 Å². The Balaban J connectivity index is 2.57. The number of rotatable bonds is 7. The molecule has 0 amide bonds. The molecule has 20 heavy (non-hydrogen) atoms. The molecule has 0 aromatic heterocycles. The largest absolute Gasteiger partial charge is 0.375 e. The van der Waals surface area contributed by atoms with Gasteiger partial charge in [-0.15, -0.1) is 0 Å². The van der Waals surface area contributed by atoms with E-state index in [1.165, 1.54) is 5.56 Å². The fourth-order valence-corrected chi connectivity index (χ4v) is 2.07. The van der Waals surface area contributed by atoms with Gasteiger partial charge in [-0.2, -0.15) is 0 Å². The van der Waals surface area contributed by atoms with Crippen LogP contribution in [-0.2, 0) is 10.2 Å². The average molecular weight is 285 g/mol. The van der Waals surface area contributed by atoms with E-state index < -0.39 is 13.0 Å². The zero-order chi connectivity index (χ0) is 15.2. The monoisotopic (exact) mass is 285 g/mol. The Morgan fingerprint density at radius 3 is 2.20 bits per heavy atom. The molecule has 0 heterocycles. The summed E-state index contributed by atoms with van der Waals surface area (Å²) in [4.78, 5) is 0. The molecule has 1 aromatic rings. The molecule has 0 spiro atoms. The number of hydrogen-bond acceptors (Lipinski definition) is 2. The number of ether oxygens (including phenoxy) is 1. The Morgan fingerprint density at radius 1 is 1.15 bits per heavy atom. The van der Waals surface area contributed by atoms with E-state index in [1.54, 1.807) is 0 Å². The van der Waals surface area contributed by atoms with Gasteiger partial charge in [-0.1, -0.05) is 45.0 Å². The summed E-state index contributed by atoms with van der Waals surface area (Å²) >= 11 is 0. The van der Waals surface area contributed by atoms with E-state index in [1.807, 2.05) is 7.05 Å². The van der Waals surface area contributed by atoms with E-state index in [-0.39, 0.29) is 11.5 Å². The van der Waals surface area contributed by atoms with E-state index >= 15 is 0 Å². The Kier molecular flexibility index (Phi) is 6.56. The van der Waals surface area contributed by atoms with Gasteiger partial charge in [0.2, 0.25) is 0 Å². The van der Waals surface area contributed by atoms with Crippen molar-refractivity contribution in [3.63, 3.8) is 0 Å². The summed E-state index contributed by atoms with van der Waals surface area (Å²) in [6.07, 6.45) is -1.72. The molecule has 1 unspecified atom stereocenters. The van der Waals surface area contributed by atoms with Crippen molar-refractivity contribution in [2.45, 2.75) is 45.1 Å². The Labute approximate surface area is 120 Å². The summed E-state index contributed by atoms with van der Waals surface area (Å²) < 4.78 is 28.9. The van der Waals surface area contributed by atoms with Crippen molar-refractivity contribution in [3.8, 4) is 0 Å². The molecule has 0 bridgehead atoms. The van der Waals surface area contributed by atoms with Gasteiger partial charge in [-0.25, -0.2) is 8.78 Å². The van der Waals surface area contributed by atoms with Crippen molar-refractivity contribution in [3.05, 3.63) is 35.4 Å². The first-order chi connectivity index (χ1) is 9.34. The fraction of sp³-hybridized carbons (Fsp3) is 0.625. The van der Waals surface area contributed by atoms with Gasteiger partial charge in [0.05, 0.1) is 0 Å². The van der Waals surface area contributed by atoms with Crippen molar-refractivity contribution in [2.75, 3.05) is 20.3 Å². The van der Waals surface area contributed by atoms with Gasteiger partial charge in [0.25, 0.3) is 6.43 Å². The molecule has 0 radical (unpaired) electrons. The molecule has 0 aliphatic carbocycles. The zero-order valence-electron chi connectivity index (χ0n) is 12.7. The predicted molar refractivity (Wildman–Crippen MR) is 78.4 cm³/mol. The lowest BCUT2D eigenvalue weighted by atomic mass is 9.86. The molecule has 0 saturated heterocycles. The minimum Gasteiger partial charge on any atom is -0.375 e. The van der Waals surface area contributed by atoms with Crippen LogP contribution in [-0.4, -0.2) is 26.7 Å². The molecule has 114 valence electrons. The first kappa shape index (κ1) is 17.1. The highest BCUT2D eigenvalue weighted by atomic mass is 19.3. The van der Waals surface area contributed by atoms with E-state index in [9.17, 15) is 8.78 Å². The number of halogens is 2. The minimum atomic E-state index is -2.39. The third-order valence-electron chi connectivity index (χ3n) is 3.32. The highest BCUT2D eigenvalue weighted by Gasteiger charge is 2.15. The fourth-order valence-electron chi connectivity index (χ4n) is 2.07.